The summed E-state index contributed by atoms with van der Waals surface area (Å²) in [6.07, 6.45) is 14.4. The molecule has 0 heterocycles. The zero-order chi connectivity index (χ0) is 13.4. The van der Waals surface area contributed by atoms with Crippen molar-refractivity contribution in [1.82, 2.24) is 0 Å². The van der Waals surface area contributed by atoms with E-state index in [1.54, 1.807) is 0 Å². The predicted octanol–water partition coefficient (Wildman–Crippen LogP) is 5.79. The largest absolute Gasteiger partial charge is 0.384 e. The Balaban J connectivity index is 0. The molecule has 0 aromatic heterocycles. The van der Waals surface area contributed by atoms with Crippen LogP contribution in [0.5, 0.6) is 0 Å². The first-order valence-corrected chi connectivity index (χ1v) is 7.62. The van der Waals surface area contributed by atoms with Gasteiger partial charge in [0.05, 0.1) is 0 Å². The fraction of sp³-hybridized carbons (Fsp3) is 0.929. The molecule has 3 heteroatoms. The zero-order valence-corrected chi connectivity index (χ0v) is 13.4. The molecule has 0 aliphatic rings. The quantitative estimate of drug-likeness (QED) is 0.504. The minimum Gasteiger partial charge on any atom is -0.384 e. The highest BCUT2D eigenvalue weighted by molar-refractivity contribution is 9.06. The molecular formula is C14H29BrO2. The maximum Gasteiger partial charge on any atom is 0.314 e. The minimum absolute atomic E-state index is 0.329. The first kappa shape index (κ1) is 19.3. The molecule has 0 aromatic carbocycles. The summed E-state index contributed by atoms with van der Waals surface area (Å²) < 4.78 is 3.92. The van der Waals surface area contributed by atoms with Crippen molar-refractivity contribution in [2.45, 2.75) is 85.0 Å². The van der Waals surface area contributed by atoms with Crippen LogP contribution < -0.4 is 0 Å². The van der Waals surface area contributed by atoms with E-state index in [-0.39, 0.29) is 5.97 Å². The summed E-state index contributed by atoms with van der Waals surface area (Å²) in [7, 11) is 0. The Morgan fingerprint density at radius 2 is 1.06 bits per heavy atom. The number of hydrogen-bond acceptors (Lipinski definition) is 2. The van der Waals surface area contributed by atoms with Crippen molar-refractivity contribution in [3.05, 3.63) is 0 Å². The Bertz CT molecular complexity index is 139. The molecular weight excluding hydrogens is 280 g/mol. The molecule has 2 nitrogen and oxygen atoms in total. The molecule has 0 aliphatic carbocycles. The molecule has 0 saturated heterocycles. The first-order chi connectivity index (χ1) is 8.18. The van der Waals surface area contributed by atoms with Crippen molar-refractivity contribution in [3.63, 3.8) is 0 Å². The molecule has 104 valence electrons. The van der Waals surface area contributed by atoms with Crippen molar-refractivity contribution < 1.29 is 8.62 Å². The second kappa shape index (κ2) is 18.3. The number of carbonyl (C=O) groups excluding carboxylic acids is 1. The minimum atomic E-state index is -0.329. The Kier molecular flexibility index (Phi) is 20.8. The number of carbonyl (C=O) groups is 1. The van der Waals surface area contributed by atoms with E-state index in [2.05, 4.69) is 33.9 Å². The molecule has 0 atom stereocenters. The molecule has 17 heavy (non-hydrogen) atoms. The van der Waals surface area contributed by atoms with E-state index in [4.69, 9.17) is 0 Å². The standard InChI is InChI=1S/C12H26.C2H3BrO2/c1-3-5-7-9-11-12-10-8-6-4-2;1-2(4)5-3/h3-12H2,1-2H3;1H3. The predicted molar refractivity (Wildman–Crippen MR) is 78.2 cm³/mol. The lowest BCUT2D eigenvalue weighted by molar-refractivity contribution is -0.129. The van der Waals surface area contributed by atoms with Gasteiger partial charge >= 0.3 is 5.97 Å². The van der Waals surface area contributed by atoms with Crippen LogP contribution >= 0.6 is 16.3 Å². The highest BCUT2D eigenvalue weighted by Gasteiger charge is 1.90. The topological polar surface area (TPSA) is 26.3 Å². The Morgan fingerprint density at radius 1 is 0.824 bits per heavy atom. The van der Waals surface area contributed by atoms with Gasteiger partial charge in [-0.05, 0) is 0 Å². The van der Waals surface area contributed by atoms with E-state index >= 15 is 0 Å². The van der Waals surface area contributed by atoms with Gasteiger partial charge in [-0.15, -0.1) is 0 Å². The molecule has 0 aliphatic heterocycles. The average molecular weight is 309 g/mol. The molecule has 0 amide bonds. The fourth-order valence-electron chi connectivity index (χ4n) is 1.56. The van der Waals surface area contributed by atoms with Crippen LogP contribution in [-0.2, 0) is 8.62 Å². The summed E-state index contributed by atoms with van der Waals surface area (Å²) in [6.45, 7) is 5.87. The van der Waals surface area contributed by atoms with Crippen molar-refractivity contribution in [1.29, 1.82) is 0 Å². The van der Waals surface area contributed by atoms with Crippen LogP contribution in [0, 0.1) is 0 Å². The van der Waals surface area contributed by atoms with Crippen molar-refractivity contribution in [2.75, 3.05) is 0 Å². The van der Waals surface area contributed by atoms with E-state index in [1.807, 2.05) is 0 Å². The van der Waals surface area contributed by atoms with Gasteiger partial charge in [-0.1, -0.05) is 78.1 Å². The molecule has 0 radical (unpaired) electrons. The van der Waals surface area contributed by atoms with E-state index in [9.17, 15) is 4.79 Å². The molecule has 0 N–H and O–H groups in total. The second-order valence-electron chi connectivity index (χ2n) is 4.40. The van der Waals surface area contributed by atoms with E-state index in [0.29, 0.717) is 0 Å². The normalized spacial score (nSPS) is 9.41. The van der Waals surface area contributed by atoms with E-state index < -0.39 is 0 Å². The van der Waals surface area contributed by atoms with Crippen LogP contribution in [0.1, 0.15) is 85.0 Å². The van der Waals surface area contributed by atoms with Crippen molar-refractivity contribution in [2.24, 2.45) is 0 Å². The number of hydrogen-bond donors (Lipinski definition) is 0. The average Bonchev–Trinajstić information content (AvgIpc) is 2.33. The van der Waals surface area contributed by atoms with Crippen LogP contribution in [0.2, 0.25) is 0 Å². The Hall–Kier alpha value is -0.0500. The lowest BCUT2D eigenvalue weighted by atomic mass is 10.1. The monoisotopic (exact) mass is 308 g/mol. The van der Waals surface area contributed by atoms with Gasteiger partial charge in [0, 0.05) is 6.92 Å². The van der Waals surface area contributed by atoms with Gasteiger partial charge in [0.15, 0.2) is 16.3 Å². The van der Waals surface area contributed by atoms with Gasteiger partial charge in [-0.25, -0.2) is 0 Å². The van der Waals surface area contributed by atoms with Crippen LogP contribution in [0.3, 0.4) is 0 Å². The summed E-state index contributed by atoms with van der Waals surface area (Å²) in [5, 5.41) is 0. The summed E-state index contributed by atoms with van der Waals surface area (Å²) in [6, 6.07) is 0. The first-order valence-electron chi connectivity index (χ1n) is 6.98. The third-order valence-corrected chi connectivity index (χ3v) is 3.02. The third-order valence-electron chi connectivity index (χ3n) is 2.57. The maximum atomic E-state index is 9.54. The molecule has 0 aromatic rings. The lowest BCUT2D eigenvalue weighted by Gasteiger charge is -1.99. The summed E-state index contributed by atoms with van der Waals surface area (Å²) in [5.74, 6) is -0.329. The molecule has 0 saturated carbocycles. The van der Waals surface area contributed by atoms with E-state index in [0.717, 1.165) is 0 Å². The maximum absolute atomic E-state index is 9.54. The SMILES string of the molecule is CC(=O)OBr.CCCCCCCCCCCC. The molecule has 0 unspecified atom stereocenters. The van der Waals surface area contributed by atoms with Crippen LogP contribution in [0.25, 0.3) is 0 Å². The number of unbranched alkanes of at least 4 members (excludes halogenated alkanes) is 9. The van der Waals surface area contributed by atoms with Crippen LogP contribution in [0.4, 0.5) is 0 Å². The highest BCUT2D eigenvalue weighted by Crippen LogP contribution is 2.09. The van der Waals surface area contributed by atoms with Crippen molar-refractivity contribution in [3.8, 4) is 0 Å². The summed E-state index contributed by atoms with van der Waals surface area (Å²) >= 11 is 2.46. The summed E-state index contributed by atoms with van der Waals surface area (Å²) in [5.41, 5.74) is 0. The smallest absolute Gasteiger partial charge is 0.314 e. The van der Waals surface area contributed by atoms with Gasteiger partial charge in [-0.2, -0.15) is 0 Å². The molecule has 0 rings (SSSR count). The van der Waals surface area contributed by atoms with Crippen LogP contribution in [-0.4, -0.2) is 5.97 Å². The zero-order valence-electron chi connectivity index (χ0n) is 11.8. The van der Waals surface area contributed by atoms with Crippen molar-refractivity contribution >= 4 is 22.2 Å². The van der Waals surface area contributed by atoms with Gasteiger partial charge in [0.25, 0.3) is 0 Å². The summed E-state index contributed by atoms with van der Waals surface area (Å²) in [4.78, 5) is 9.54. The second-order valence-corrected chi connectivity index (χ2v) is 4.72. The highest BCUT2D eigenvalue weighted by atomic mass is 79.9. The fourth-order valence-corrected chi connectivity index (χ4v) is 1.56. The van der Waals surface area contributed by atoms with E-state index in [1.165, 1.54) is 71.1 Å². The third kappa shape index (κ3) is 25.9. The Labute approximate surface area is 116 Å². The van der Waals surface area contributed by atoms with Crippen LogP contribution in [0.15, 0.2) is 0 Å². The van der Waals surface area contributed by atoms with Gasteiger partial charge < -0.3 is 3.83 Å². The van der Waals surface area contributed by atoms with Gasteiger partial charge in [0.2, 0.25) is 0 Å². The van der Waals surface area contributed by atoms with Gasteiger partial charge in [-0.3, -0.25) is 4.79 Å². The molecule has 0 bridgehead atoms. The number of rotatable bonds is 9. The molecule has 0 fully saturated rings. The lowest BCUT2D eigenvalue weighted by Crippen LogP contribution is -1.82. The number of halogens is 1. The van der Waals surface area contributed by atoms with Gasteiger partial charge in [0.1, 0.15) is 0 Å². The Morgan fingerprint density at radius 3 is 1.24 bits per heavy atom. The molecule has 0 spiro atoms.